The third-order valence-electron chi connectivity index (χ3n) is 5.63. The molecule has 1 heterocycles. The van der Waals surface area contributed by atoms with Gasteiger partial charge in [0.25, 0.3) is 5.91 Å². The molecule has 1 N–H and O–H groups in total. The molecule has 29 heavy (non-hydrogen) atoms. The van der Waals surface area contributed by atoms with E-state index in [1.54, 1.807) is 0 Å². The zero-order chi connectivity index (χ0) is 20.8. The lowest BCUT2D eigenvalue weighted by atomic mass is 10.0. The van der Waals surface area contributed by atoms with E-state index in [1.807, 2.05) is 26.0 Å². The minimum atomic E-state index is -0.542. The molecule has 1 aliphatic heterocycles. The van der Waals surface area contributed by atoms with Crippen molar-refractivity contribution < 1.29 is 9.53 Å². The van der Waals surface area contributed by atoms with E-state index in [0.717, 1.165) is 23.4 Å². The zero-order valence-electron chi connectivity index (χ0n) is 18.2. The van der Waals surface area contributed by atoms with Crippen molar-refractivity contribution in [3.63, 3.8) is 0 Å². The number of hydrogen-bond donors (Lipinski definition) is 1. The molecule has 0 aromatic heterocycles. The maximum Gasteiger partial charge on any atom is 0.261 e. The summed E-state index contributed by atoms with van der Waals surface area (Å²) in [5, 5.41) is 3.07. The summed E-state index contributed by atoms with van der Waals surface area (Å²) in [6, 6.07) is 14.6. The fourth-order valence-electron chi connectivity index (χ4n) is 3.86. The number of aryl methyl sites for hydroxylation is 1. The second kappa shape index (κ2) is 9.93. The van der Waals surface area contributed by atoms with E-state index in [2.05, 4.69) is 54.4 Å². The van der Waals surface area contributed by atoms with Crippen molar-refractivity contribution in [3.05, 3.63) is 64.7 Å². The van der Waals surface area contributed by atoms with Crippen LogP contribution in [-0.2, 0) is 17.9 Å². The van der Waals surface area contributed by atoms with Gasteiger partial charge in [0.1, 0.15) is 5.75 Å². The van der Waals surface area contributed by atoms with Crippen molar-refractivity contribution in [2.75, 3.05) is 13.1 Å². The molecule has 156 valence electrons. The smallest absolute Gasteiger partial charge is 0.261 e. The normalized spacial score (nSPS) is 15.5. The van der Waals surface area contributed by atoms with E-state index in [1.165, 1.54) is 37.1 Å². The lowest BCUT2D eigenvalue weighted by Crippen LogP contribution is -2.36. The van der Waals surface area contributed by atoms with Gasteiger partial charge in [-0.3, -0.25) is 9.69 Å². The van der Waals surface area contributed by atoms with Crippen LogP contribution in [-0.4, -0.2) is 30.0 Å². The van der Waals surface area contributed by atoms with Gasteiger partial charge in [-0.2, -0.15) is 0 Å². The number of likely N-dealkylation sites (tertiary alicyclic amines) is 1. The summed E-state index contributed by atoms with van der Waals surface area (Å²) in [5.74, 6) is 1.06. The van der Waals surface area contributed by atoms with E-state index in [9.17, 15) is 4.79 Å². The van der Waals surface area contributed by atoms with Gasteiger partial charge in [0, 0.05) is 13.1 Å². The van der Waals surface area contributed by atoms with Crippen LogP contribution in [0.15, 0.2) is 42.5 Å². The topological polar surface area (TPSA) is 41.6 Å². The van der Waals surface area contributed by atoms with Gasteiger partial charge in [-0.05, 0) is 74.0 Å². The molecule has 1 fully saturated rings. The molecule has 0 bridgehead atoms. The second-order valence-corrected chi connectivity index (χ2v) is 8.43. The Hall–Kier alpha value is -2.33. The van der Waals surface area contributed by atoms with Gasteiger partial charge in [0.15, 0.2) is 6.10 Å². The standard InChI is InChI=1S/C25H34N2O2/c1-18(2)23-12-11-19(3)15-24(23)29-20(4)25(28)26-16-21-9-5-6-10-22(21)17-27-13-7-8-14-27/h5-6,9-12,15,18,20H,7-8,13-14,16-17H2,1-4H3,(H,26,28)/t20-/m1/s1. The van der Waals surface area contributed by atoms with Crippen molar-refractivity contribution in [2.24, 2.45) is 0 Å². The van der Waals surface area contributed by atoms with Gasteiger partial charge < -0.3 is 10.1 Å². The Balaban J connectivity index is 1.60. The molecule has 1 amide bonds. The molecule has 2 aromatic rings. The largest absolute Gasteiger partial charge is 0.481 e. The van der Waals surface area contributed by atoms with Gasteiger partial charge in [-0.1, -0.05) is 50.2 Å². The van der Waals surface area contributed by atoms with Crippen molar-refractivity contribution in [3.8, 4) is 5.75 Å². The highest BCUT2D eigenvalue weighted by atomic mass is 16.5. The molecule has 0 aliphatic carbocycles. The fraction of sp³-hybridized carbons (Fsp3) is 0.480. The Morgan fingerprint density at radius 1 is 1.07 bits per heavy atom. The van der Waals surface area contributed by atoms with E-state index in [4.69, 9.17) is 4.74 Å². The molecule has 2 aromatic carbocycles. The number of carbonyl (C=O) groups is 1. The lowest BCUT2D eigenvalue weighted by Gasteiger charge is -2.20. The molecule has 1 saturated heterocycles. The monoisotopic (exact) mass is 394 g/mol. The van der Waals surface area contributed by atoms with Crippen molar-refractivity contribution >= 4 is 5.91 Å². The summed E-state index contributed by atoms with van der Waals surface area (Å²) in [7, 11) is 0. The molecule has 0 unspecified atom stereocenters. The number of carbonyl (C=O) groups excluding carboxylic acids is 1. The Morgan fingerprint density at radius 3 is 2.45 bits per heavy atom. The summed E-state index contributed by atoms with van der Waals surface area (Å²) in [4.78, 5) is 15.2. The predicted molar refractivity (Wildman–Crippen MR) is 118 cm³/mol. The number of benzene rings is 2. The van der Waals surface area contributed by atoms with Gasteiger partial charge in [0.2, 0.25) is 0 Å². The fourth-order valence-corrected chi connectivity index (χ4v) is 3.86. The third kappa shape index (κ3) is 5.83. The van der Waals surface area contributed by atoms with Crippen LogP contribution in [0.2, 0.25) is 0 Å². The zero-order valence-corrected chi connectivity index (χ0v) is 18.2. The van der Waals surface area contributed by atoms with Crippen LogP contribution in [0.3, 0.4) is 0 Å². The highest BCUT2D eigenvalue weighted by Crippen LogP contribution is 2.28. The number of nitrogens with one attached hydrogen (secondary N) is 1. The second-order valence-electron chi connectivity index (χ2n) is 8.43. The number of nitrogens with zero attached hydrogens (tertiary/aromatic N) is 1. The molecule has 3 rings (SSSR count). The number of amides is 1. The highest BCUT2D eigenvalue weighted by molar-refractivity contribution is 5.80. The first-order valence-electron chi connectivity index (χ1n) is 10.8. The first-order chi connectivity index (χ1) is 13.9. The van der Waals surface area contributed by atoms with Crippen LogP contribution < -0.4 is 10.1 Å². The molecular weight excluding hydrogens is 360 g/mol. The summed E-state index contributed by atoms with van der Waals surface area (Å²) in [5.41, 5.74) is 4.74. The quantitative estimate of drug-likeness (QED) is 0.699. The Kier molecular flexibility index (Phi) is 7.32. The maximum absolute atomic E-state index is 12.7. The van der Waals surface area contributed by atoms with Crippen LogP contribution in [0.4, 0.5) is 0 Å². The van der Waals surface area contributed by atoms with Gasteiger partial charge in [-0.25, -0.2) is 0 Å². The summed E-state index contributed by atoms with van der Waals surface area (Å²) < 4.78 is 6.06. The van der Waals surface area contributed by atoms with Crippen molar-refractivity contribution in [1.29, 1.82) is 0 Å². The van der Waals surface area contributed by atoms with E-state index >= 15 is 0 Å². The first-order valence-corrected chi connectivity index (χ1v) is 10.8. The molecule has 0 spiro atoms. The van der Waals surface area contributed by atoms with E-state index in [-0.39, 0.29) is 5.91 Å². The number of hydrogen-bond acceptors (Lipinski definition) is 3. The minimum absolute atomic E-state index is 0.0859. The van der Waals surface area contributed by atoms with Crippen LogP contribution in [0.1, 0.15) is 61.8 Å². The first kappa shape index (κ1) is 21.4. The number of rotatable bonds is 8. The van der Waals surface area contributed by atoms with Crippen LogP contribution in [0, 0.1) is 6.92 Å². The highest BCUT2D eigenvalue weighted by Gasteiger charge is 2.18. The Labute approximate surface area is 175 Å². The molecule has 0 saturated carbocycles. The van der Waals surface area contributed by atoms with E-state index < -0.39 is 6.10 Å². The van der Waals surface area contributed by atoms with E-state index in [0.29, 0.717) is 12.5 Å². The third-order valence-corrected chi connectivity index (χ3v) is 5.63. The summed E-state index contributed by atoms with van der Waals surface area (Å²) in [6.45, 7) is 12.0. The predicted octanol–water partition coefficient (Wildman–Crippen LogP) is 4.80. The van der Waals surface area contributed by atoms with Gasteiger partial charge in [-0.15, -0.1) is 0 Å². The summed E-state index contributed by atoms with van der Waals surface area (Å²) >= 11 is 0. The molecule has 4 heteroatoms. The van der Waals surface area contributed by atoms with Gasteiger partial charge >= 0.3 is 0 Å². The average molecular weight is 395 g/mol. The lowest BCUT2D eigenvalue weighted by molar-refractivity contribution is -0.127. The van der Waals surface area contributed by atoms with Crippen LogP contribution in [0.25, 0.3) is 0 Å². The minimum Gasteiger partial charge on any atom is -0.481 e. The van der Waals surface area contributed by atoms with Gasteiger partial charge in [0.05, 0.1) is 0 Å². The number of ether oxygens (including phenoxy) is 1. The molecule has 1 atom stereocenters. The summed E-state index contributed by atoms with van der Waals surface area (Å²) in [6.07, 6.45) is 2.02. The SMILES string of the molecule is Cc1ccc(C(C)C)c(O[C@H](C)C(=O)NCc2ccccc2CN2CCCC2)c1. The van der Waals surface area contributed by atoms with Crippen LogP contribution >= 0.6 is 0 Å². The molecule has 4 nitrogen and oxygen atoms in total. The Bertz CT molecular complexity index is 825. The Morgan fingerprint density at radius 2 is 1.76 bits per heavy atom. The molecular formula is C25H34N2O2. The molecule has 1 aliphatic rings. The van der Waals surface area contributed by atoms with Crippen molar-refractivity contribution in [2.45, 2.75) is 65.6 Å². The average Bonchev–Trinajstić information content (AvgIpc) is 3.20. The van der Waals surface area contributed by atoms with Crippen molar-refractivity contribution in [1.82, 2.24) is 10.2 Å². The van der Waals surface area contributed by atoms with Crippen LogP contribution in [0.5, 0.6) is 5.75 Å². The maximum atomic E-state index is 12.7. The molecule has 0 radical (unpaired) electrons.